The van der Waals surface area contributed by atoms with Crippen LogP contribution in [0.5, 0.6) is 0 Å². The second-order valence-electron chi connectivity index (χ2n) is 5.33. The molecule has 1 saturated heterocycles. The van der Waals surface area contributed by atoms with Crippen molar-refractivity contribution < 1.29 is 19.1 Å². The summed E-state index contributed by atoms with van der Waals surface area (Å²) in [5, 5.41) is 0. The molecular weight excluding hydrogens is 346 g/mol. The summed E-state index contributed by atoms with van der Waals surface area (Å²) in [6.07, 6.45) is 1.03. The third kappa shape index (κ3) is 5.49. The number of hydrogen-bond acceptors (Lipinski definition) is 6. The smallest absolute Gasteiger partial charge is 0.410 e. The average molecular weight is 367 g/mol. The maximum Gasteiger partial charge on any atom is 0.410 e. The minimum Gasteiger partial charge on any atom is -0.479 e. The zero-order chi connectivity index (χ0) is 17.4. The molecule has 1 aliphatic rings. The number of ketones is 1. The Hall–Kier alpha value is -1.60. The third-order valence-corrected chi connectivity index (χ3v) is 4.91. The van der Waals surface area contributed by atoms with Crippen LogP contribution in [0.25, 0.3) is 0 Å². The van der Waals surface area contributed by atoms with E-state index >= 15 is 0 Å². The number of ether oxygens (including phenoxy) is 2. The molecule has 0 radical (unpaired) electrons. The van der Waals surface area contributed by atoms with Crippen LogP contribution in [0.2, 0.25) is 0 Å². The Kier molecular flexibility index (Phi) is 7.52. The first-order valence-corrected chi connectivity index (χ1v) is 9.30. The minimum absolute atomic E-state index is 0.0174. The first kappa shape index (κ1) is 18.7. The predicted octanol–water partition coefficient (Wildman–Crippen LogP) is 3.41. The number of thioether (sulfide) groups is 1. The van der Waals surface area contributed by atoms with E-state index in [4.69, 9.17) is 21.7 Å². The molecule has 1 atom stereocenters. The Morgan fingerprint density at radius 3 is 2.75 bits per heavy atom. The molecule has 0 aliphatic carbocycles. The molecule has 1 amide bonds. The largest absolute Gasteiger partial charge is 0.479 e. The fourth-order valence-electron chi connectivity index (χ4n) is 2.51. The van der Waals surface area contributed by atoms with Crippen LogP contribution in [0.4, 0.5) is 4.79 Å². The normalized spacial score (nSPS) is 16.7. The van der Waals surface area contributed by atoms with Gasteiger partial charge in [0.1, 0.15) is 6.61 Å². The minimum atomic E-state index is -0.438. The van der Waals surface area contributed by atoms with Gasteiger partial charge in [-0.3, -0.25) is 9.69 Å². The lowest BCUT2D eigenvalue weighted by atomic mass is 10.1. The number of rotatable bonds is 6. The van der Waals surface area contributed by atoms with Gasteiger partial charge in [0.05, 0.1) is 18.4 Å². The highest BCUT2D eigenvalue weighted by atomic mass is 32.2. The van der Waals surface area contributed by atoms with E-state index in [1.807, 2.05) is 37.3 Å². The topological polar surface area (TPSA) is 55.8 Å². The first-order valence-electron chi connectivity index (χ1n) is 7.91. The van der Waals surface area contributed by atoms with E-state index < -0.39 is 12.1 Å². The Morgan fingerprint density at radius 2 is 2.04 bits per heavy atom. The van der Waals surface area contributed by atoms with Gasteiger partial charge in [-0.25, -0.2) is 4.79 Å². The molecule has 1 heterocycles. The van der Waals surface area contributed by atoms with Crippen molar-refractivity contribution in [3.63, 3.8) is 0 Å². The molecule has 1 aromatic carbocycles. The van der Waals surface area contributed by atoms with Gasteiger partial charge >= 0.3 is 6.09 Å². The summed E-state index contributed by atoms with van der Waals surface area (Å²) in [4.78, 5) is 26.1. The SMILES string of the molecule is CCOC(=S)SCC(=O)[C@@H]1CCCN1C(=O)OCc1ccccc1. The molecule has 2 rings (SSSR count). The van der Waals surface area contributed by atoms with Crippen molar-refractivity contribution in [3.8, 4) is 0 Å². The molecule has 0 spiro atoms. The van der Waals surface area contributed by atoms with Crippen LogP contribution >= 0.6 is 24.0 Å². The van der Waals surface area contributed by atoms with E-state index in [1.54, 1.807) is 0 Å². The molecule has 7 heteroatoms. The summed E-state index contributed by atoms with van der Waals surface area (Å²) in [6.45, 7) is 3.09. The lowest BCUT2D eigenvalue weighted by molar-refractivity contribution is -0.120. The number of likely N-dealkylation sites (tertiary alicyclic amines) is 1. The second kappa shape index (κ2) is 9.64. The van der Waals surface area contributed by atoms with Gasteiger partial charge in [-0.05, 0) is 37.5 Å². The van der Waals surface area contributed by atoms with Gasteiger partial charge in [-0.2, -0.15) is 0 Å². The monoisotopic (exact) mass is 367 g/mol. The fraction of sp³-hybridized carbons (Fsp3) is 0.471. The van der Waals surface area contributed by atoms with E-state index in [0.717, 1.165) is 12.0 Å². The van der Waals surface area contributed by atoms with Crippen molar-refractivity contribution in [1.82, 2.24) is 4.90 Å². The van der Waals surface area contributed by atoms with Crippen LogP contribution in [-0.2, 0) is 20.9 Å². The Morgan fingerprint density at radius 1 is 1.29 bits per heavy atom. The quantitative estimate of drug-likeness (QED) is 0.718. The molecule has 0 saturated carbocycles. The molecule has 130 valence electrons. The Labute approximate surface area is 151 Å². The first-order chi connectivity index (χ1) is 11.6. The number of amides is 1. The van der Waals surface area contributed by atoms with E-state index in [2.05, 4.69) is 0 Å². The number of carbonyl (C=O) groups is 2. The third-order valence-electron chi connectivity index (χ3n) is 3.66. The maximum atomic E-state index is 12.4. The van der Waals surface area contributed by atoms with E-state index in [0.29, 0.717) is 24.0 Å². The summed E-state index contributed by atoms with van der Waals surface area (Å²) < 4.78 is 10.9. The van der Waals surface area contributed by atoms with Crippen molar-refractivity contribution in [1.29, 1.82) is 0 Å². The highest BCUT2D eigenvalue weighted by molar-refractivity contribution is 8.23. The molecular formula is C17H21NO4S2. The van der Waals surface area contributed by atoms with Crippen molar-refractivity contribution in [2.75, 3.05) is 18.9 Å². The van der Waals surface area contributed by atoms with E-state index in [-0.39, 0.29) is 18.1 Å². The van der Waals surface area contributed by atoms with Gasteiger partial charge in [-0.15, -0.1) is 0 Å². The van der Waals surface area contributed by atoms with Gasteiger partial charge < -0.3 is 9.47 Å². The molecule has 24 heavy (non-hydrogen) atoms. The molecule has 5 nitrogen and oxygen atoms in total. The molecule has 0 bridgehead atoms. The lowest BCUT2D eigenvalue weighted by Crippen LogP contribution is -2.41. The number of thiocarbonyl (C=S) groups is 1. The number of Topliss-reactive ketones (excluding diaryl/α,β-unsaturated/α-hetero) is 1. The Balaban J connectivity index is 1.83. The van der Waals surface area contributed by atoms with Gasteiger partial charge in [0.15, 0.2) is 5.78 Å². The summed E-state index contributed by atoms with van der Waals surface area (Å²) >= 11 is 6.21. The molecule has 0 unspecified atom stereocenters. The number of benzene rings is 1. The van der Waals surface area contributed by atoms with Crippen LogP contribution in [0.15, 0.2) is 30.3 Å². The molecule has 1 aromatic rings. The molecule has 0 aromatic heterocycles. The second-order valence-corrected chi connectivity index (χ2v) is 6.91. The summed E-state index contributed by atoms with van der Waals surface area (Å²) in [5.74, 6) is 0.197. The average Bonchev–Trinajstić information content (AvgIpc) is 3.08. The predicted molar refractivity (Wildman–Crippen MR) is 98.0 cm³/mol. The highest BCUT2D eigenvalue weighted by Gasteiger charge is 2.34. The van der Waals surface area contributed by atoms with Gasteiger partial charge in [-0.1, -0.05) is 42.1 Å². The highest BCUT2D eigenvalue weighted by Crippen LogP contribution is 2.21. The summed E-state index contributed by atoms with van der Waals surface area (Å²) in [5.41, 5.74) is 0.922. The fourth-order valence-corrected chi connectivity index (χ4v) is 3.46. The lowest BCUT2D eigenvalue weighted by Gasteiger charge is -2.23. The molecule has 1 aliphatic heterocycles. The maximum absolute atomic E-state index is 12.4. The summed E-state index contributed by atoms with van der Waals surface area (Å²) in [7, 11) is 0. The molecule has 0 N–H and O–H groups in total. The van der Waals surface area contributed by atoms with Crippen molar-refractivity contribution in [3.05, 3.63) is 35.9 Å². The van der Waals surface area contributed by atoms with Crippen molar-refractivity contribution in [2.24, 2.45) is 0 Å². The van der Waals surface area contributed by atoms with Crippen molar-refractivity contribution in [2.45, 2.75) is 32.4 Å². The van der Waals surface area contributed by atoms with Crippen LogP contribution in [0.1, 0.15) is 25.3 Å². The Bertz CT molecular complexity index is 579. The number of hydrogen-bond donors (Lipinski definition) is 0. The standard InChI is InChI=1S/C17H21NO4S2/c1-2-21-17(23)24-12-15(19)14-9-6-10-18(14)16(20)22-11-13-7-4-3-5-8-13/h3-5,7-8,14H,2,6,9-12H2,1H3/t14-/m0/s1. The number of carbonyl (C=O) groups excluding carboxylic acids is 2. The van der Waals surface area contributed by atoms with E-state index in [1.165, 1.54) is 16.7 Å². The number of nitrogens with zero attached hydrogens (tertiary/aromatic N) is 1. The zero-order valence-electron chi connectivity index (χ0n) is 13.6. The van der Waals surface area contributed by atoms with Crippen LogP contribution < -0.4 is 0 Å². The van der Waals surface area contributed by atoms with Crippen molar-refractivity contribution >= 4 is 40.2 Å². The van der Waals surface area contributed by atoms with Gasteiger partial charge in [0, 0.05) is 6.54 Å². The van der Waals surface area contributed by atoms with Gasteiger partial charge in [0.2, 0.25) is 4.38 Å². The molecule has 1 fully saturated rings. The van der Waals surface area contributed by atoms with E-state index in [9.17, 15) is 9.59 Å². The van der Waals surface area contributed by atoms with Crippen LogP contribution in [0.3, 0.4) is 0 Å². The van der Waals surface area contributed by atoms with Crippen LogP contribution in [0, 0.1) is 0 Å². The summed E-state index contributed by atoms with van der Waals surface area (Å²) in [6, 6.07) is 9.06. The van der Waals surface area contributed by atoms with Gasteiger partial charge in [0.25, 0.3) is 0 Å². The zero-order valence-corrected chi connectivity index (χ0v) is 15.2. The van der Waals surface area contributed by atoms with Crippen LogP contribution in [-0.4, -0.2) is 46.1 Å².